The summed E-state index contributed by atoms with van der Waals surface area (Å²) in [6, 6.07) is 23.1. The van der Waals surface area contributed by atoms with Crippen molar-refractivity contribution in [2.24, 2.45) is 0 Å². The van der Waals surface area contributed by atoms with E-state index in [1.807, 2.05) is 24.3 Å². The summed E-state index contributed by atoms with van der Waals surface area (Å²) in [5.41, 5.74) is 0.654. The zero-order valence-electron chi connectivity index (χ0n) is 17.9. The molecular weight excluding hydrogens is 420 g/mol. The summed E-state index contributed by atoms with van der Waals surface area (Å²) in [5, 5.41) is 14.4. The van der Waals surface area contributed by atoms with E-state index in [2.05, 4.69) is 5.32 Å². The average molecular weight is 442 g/mol. The van der Waals surface area contributed by atoms with Crippen LogP contribution in [0.1, 0.15) is 34.5 Å². The molecule has 1 aliphatic heterocycles. The smallest absolute Gasteiger partial charge is 0.335 e. The van der Waals surface area contributed by atoms with Crippen LogP contribution in [0.4, 0.5) is 5.69 Å². The van der Waals surface area contributed by atoms with Crippen molar-refractivity contribution in [1.82, 2.24) is 5.32 Å². The normalized spacial score (nSPS) is 19.5. The fraction of sp³-hybridized carbons (Fsp3) is 0.154. The van der Waals surface area contributed by atoms with Gasteiger partial charge in [-0.05, 0) is 24.1 Å². The SMILES string of the molecule is CCOC(=O)[C@@]1(c2ccccc2)C=C(C(=O)c2ccccc2)[C@H](c2ccc([N+](=O)[O-])cc2)N1. The molecule has 2 atom stereocenters. The molecule has 1 heterocycles. The van der Waals surface area contributed by atoms with Gasteiger partial charge in [-0.3, -0.25) is 20.2 Å². The quantitative estimate of drug-likeness (QED) is 0.250. The molecule has 0 amide bonds. The number of nitrogens with one attached hydrogen (secondary N) is 1. The van der Waals surface area contributed by atoms with Crippen LogP contribution in [0.25, 0.3) is 0 Å². The van der Waals surface area contributed by atoms with E-state index in [1.165, 1.54) is 12.1 Å². The van der Waals surface area contributed by atoms with Gasteiger partial charge in [0.05, 0.1) is 17.6 Å². The van der Waals surface area contributed by atoms with Gasteiger partial charge >= 0.3 is 5.97 Å². The Morgan fingerprint density at radius 2 is 1.58 bits per heavy atom. The molecule has 0 aliphatic carbocycles. The Bertz CT molecular complexity index is 1210. The fourth-order valence-corrected chi connectivity index (χ4v) is 4.02. The number of carbonyl (C=O) groups excluding carboxylic acids is 2. The van der Waals surface area contributed by atoms with Crippen LogP contribution in [0.3, 0.4) is 0 Å². The topological polar surface area (TPSA) is 98.5 Å². The summed E-state index contributed by atoms with van der Waals surface area (Å²) in [7, 11) is 0. The Balaban J connectivity index is 1.87. The first-order valence-electron chi connectivity index (χ1n) is 10.5. The number of nitrogens with zero attached hydrogens (tertiary/aromatic N) is 1. The lowest BCUT2D eigenvalue weighted by Gasteiger charge is -2.28. The van der Waals surface area contributed by atoms with Crippen molar-refractivity contribution in [3.05, 3.63) is 123 Å². The fourth-order valence-electron chi connectivity index (χ4n) is 4.02. The predicted octanol–water partition coefficient (Wildman–Crippen LogP) is 4.51. The van der Waals surface area contributed by atoms with Crippen molar-refractivity contribution >= 4 is 17.4 Å². The molecule has 1 aliphatic rings. The maximum Gasteiger partial charge on any atom is 0.335 e. The molecule has 7 heteroatoms. The Kier molecular flexibility index (Phi) is 6.15. The summed E-state index contributed by atoms with van der Waals surface area (Å²) in [6.45, 7) is 1.90. The third-order valence-electron chi connectivity index (χ3n) is 5.62. The minimum Gasteiger partial charge on any atom is -0.464 e. The van der Waals surface area contributed by atoms with Crippen molar-refractivity contribution < 1.29 is 19.2 Å². The first kappa shape index (κ1) is 22.1. The van der Waals surface area contributed by atoms with E-state index in [9.17, 15) is 19.7 Å². The van der Waals surface area contributed by atoms with Gasteiger partial charge in [0.2, 0.25) is 0 Å². The van der Waals surface area contributed by atoms with Crippen LogP contribution in [0.15, 0.2) is 96.6 Å². The second kappa shape index (κ2) is 9.18. The molecule has 0 radical (unpaired) electrons. The molecular formula is C26H22N2O5. The van der Waals surface area contributed by atoms with Gasteiger partial charge in [0, 0.05) is 23.3 Å². The second-order valence-electron chi connectivity index (χ2n) is 7.62. The van der Waals surface area contributed by atoms with Gasteiger partial charge in [-0.15, -0.1) is 0 Å². The molecule has 33 heavy (non-hydrogen) atoms. The van der Waals surface area contributed by atoms with Crippen molar-refractivity contribution in [3.8, 4) is 0 Å². The number of nitro groups is 1. The summed E-state index contributed by atoms with van der Waals surface area (Å²) >= 11 is 0. The molecule has 0 fully saturated rings. The second-order valence-corrected chi connectivity index (χ2v) is 7.62. The van der Waals surface area contributed by atoms with Gasteiger partial charge in [0.25, 0.3) is 5.69 Å². The van der Waals surface area contributed by atoms with Crippen LogP contribution >= 0.6 is 0 Å². The van der Waals surface area contributed by atoms with E-state index in [4.69, 9.17) is 4.74 Å². The molecule has 0 bridgehead atoms. The van der Waals surface area contributed by atoms with Gasteiger partial charge in [0.1, 0.15) is 0 Å². The average Bonchev–Trinajstić information content (AvgIpc) is 3.27. The van der Waals surface area contributed by atoms with Crippen LogP contribution in [-0.2, 0) is 15.1 Å². The predicted molar refractivity (Wildman–Crippen MR) is 123 cm³/mol. The summed E-state index contributed by atoms with van der Waals surface area (Å²) < 4.78 is 5.41. The van der Waals surface area contributed by atoms with E-state index in [0.29, 0.717) is 22.3 Å². The van der Waals surface area contributed by atoms with Crippen LogP contribution in [0, 0.1) is 10.1 Å². The summed E-state index contributed by atoms with van der Waals surface area (Å²) in [4.78, 5) is 37.4. The Morgan fingerprint density at radius 3 is 2.15 bits per heavy atom. The number of nitro benzene ring substituents is 1. The third-order valence-corrected chi connectivity index (χ3v) is 5.62. The summed E-state index contributed by atoms with van der Waals surface area (Å²) in [6.07, 6.45) is 1.63. The van der Waals surface area contributed by atoms with Gasteiger partial charge in [-0.2, -0.15) is 0 Å². The molecule has 166 valence electrons. The van der Waals surface area contributed by atoms with Crippen molar-refractivity contribution in [1.29, 1.82) is 0 Å². The van der Waals surface area contributed by atoms with Crippen LogP contribution in [-0.4, -0.2) is 23.3 Å². The highest BCUT2D eigenvalue weighted by molar-refractivity contribution is 6.11. The molecule has 4 rings (SSSR count). The van der Waals surface area contributed by atoms with Gasteiger partial charge < -0.3 is 4.74 Å². The van der Waals surface area contributed by atoms with E-state index in [0.717, 1.165) is 0 Å². The first-order valence-corrected chi connectivity index (χ1v) is 10.5. The standard InChI is InChI=1S/C26H22N2O5/c1-2-33-25(30)26(20-11-7-4-8-12-20)17-22(24(29)19-9-5-3-6-10-19)23(27-26)18-13-15-21(16-14-18)28(31)32/h3-17,23,27H,2H2,1H3/t23-,26-/m0/s1. The van der Waals surface area contributed by atoms with Crippen LogP contribution in [0.5, 0.6) is 0 Å². The van der Waals surface area contributed by atoms with Gasteiger partial charge in [0.15, 0.2) is 11.3 Å². The van der Waals surface area contributed by atoms with E-state index >= 15 is 0 Å². The molecule has 7 nitrogen and oxygen atoms in total. The number of non-ortho nitro benzene ring substituents is 1. The molecule has 0 unspecified atom stereocenters. The molecule has 0 saturated carbocycles. The molecule has 0 saturated heterocycles. The number of hydrogen-bond acceptors (Lipinski definition) is 6. The number of carbonyl (C=O) groups is 2. The van der Waals surface area contributed by atoms with Crippen molar-refractivity contribution in [2.75, 3.05) is 6.61 Å². The number of benzene rings is 3. The largest absolute Gasteiger partial charge is 0.464 e. The maximum absolute atomic E-state index is 13.5. The number of ketones is 1. The molecule has 0 spiro atoms. The zero-order chi connectivity index (χ0) is 23.4. The maximum atomic E-state index is 13.5. The lowest BCUT2D eigenvalue weighted by atomic mass is 9.89. The summed E-state index contributed by atoms with van der Waals surface area (Å²) in [5.74, 6) is -0.771. The number of ether oxygens (including phenoxy) is 1. The zero-order valence-corrected chi connectivity index (χ0v) is 17.9. The molecule has 3 aromatic carbocycles. The molecule has 0 aromatic heterocycles. The lowest BCUT2D eigenvalue weighted by Crippen LogP contribution is -2.46. The lowest BCUT2D eigenvalue weighted by molar-refractivity contribution is -0.384. The first-order chi connectivity index (χ1) is 16.0. The number of rotatable bonds is 7. The van der Waals surface area contributed by atoms with Crippen LogP contribution < -0.4 is 5.32 Å². The van der Waals surface area contributed by atoms with Crippen LogP contribution in [0.2, 0.25) is 0 Å². The Morgan fingerprint density at radius 1 is 0.970 bits per heavy atom. The Labute approximate surface area is 190 Å². The van der Waals surface area contributed by atoms with Crippen molar-refractivity contribution in [3.63, 3.8) is 0 Å². The van der Waals surface area contributed by atoms with Crippen molar-refractivity contribution in [2.45, 2.75) is 18.5 Å². The highest BCUT2D eigenvalue weighted by Gasteiger charge is 2.49. The number of hydrogen-bond donors (Lipinski definition) is 1. The van der Waals surface area contributed by atoms with Gasteiger partial charge in [-0.25, -0.2) is 4.79 Å². The molecule has 3 aromatic rings. The van der Waals surface area contributed by atoms with E-state index < -0.39 is 22.5 Å². The van der Waals surface area contributed by atoms with E-state index in [1.54, 1.807) is 61.5 Å². The third kappa shape index (κ3) is 4.18. The monoisotopic (exact) mass is 442 g/mol. The Hall–Kier alpha value is -4.10. The highest BCUT2D eigenvalue weighted by Crippen LogP contribution is 2.41. The number of Topliss-reactive ketones (excluding diaryl/α,β-unsaturated/α-hetero) is 1. The minimum absolute atomic E-state index is 0.0589. The highest BCUT2D eigenvalue weighted by atomic mass is 16.6. The number of esters is 1. The van der Waals surface area contributed by atoms with Gasteiger partial charge in [-0.1, -0.05) is 72.8 Å². The molecule has 1 N–H and O–H groups in total. The minimum atomic E-state index is -1.39. The van der Waals surface area contributed by atoms with E-state index in [-0.39, 0.29) is 18.1 Å².